The Labute approximate surface area is 115 Å². The molecule has 0 saturated carbocycles. The molecule has 2 aromatic rings. The number of nitrogens with zero attached hydrogens (tertiary/aromatic N) is 4. The summed E-state index contributed by atoms with van der Waals surface area (Å²) in [5, 5.41) is 11.7. The Morgan fingerprint density at radius 3 is 3.00 bits per heavy atom. The lowest BCUT2D eigenvalue weighted by molar-refractivity contribution is 0.0548. The van der Waals surface area contributed by atoms with Crippen molar-refractivity contribution < 1.29 is 9.13 Å². The maximum Gasteiger partial charge on any atom is 0.182 e. The van der Waals surface area contributed by atoms with E-state index in [4.69, 9.17) is 10.5 Å². The molecule has 1 aliphatic heterocycles. The highest BCUT2D eigenvalue weighted by Crippen LogP contribution is 2.28. The molecule has 1 aliphatic rings. The number of benzene rings is 1. The molecular weight excluding hydrogens is 261 g/mol. The van der Waals surface area contributed by atoms with Crippen LogP contribution in [-0.4, -0.2) is 33.4 Å². The van der Waals surface area contributed by atoms with Gasteiger partial charge in [-0.05, 0) is 42.3 Å². The van der Waals surface area contributed by atoms with E-state index in [1.165, 1.54) is 6.07 Å². The lowest BCUT2D eigenvalue weighted by Crippen LogP contribution is -2.23. The van der Waals surface area contributed by atoms with Crippen LogP contribution in [0.2, 0.25) is 0 Å². The minimum absolute atomic E-state index is 0.0827. The van der Waals surface area contributed by atoms with Crippen molar-refractivity contribution in [2.24, 2.45) is 0 Å². The van der Waals surface area contributed by atoms with Gasteiger partial charge in [-0.15, -0.1) is 5.10 Å². The largest absolute Gasteiger partial charge is 0.398 e. The highest BCUT2D eigenvalue weighted by Gasteiger charge is 2.22. The third-order valence-electron chi connectivity index (χ3n) is 3.62. The predicted octanol–water partition coefficient (Wildman–Crippen LogP) is 1.72. The number of nitrogen functional groups attached to an aromatic ring is 1. The van der Waals surface area contributed by atoms with Gasteiger partial charge in [0.05, 0.1) is 12.6 Å². The van der Waals surface area contributed by atoms with Gasteiger partial charge in [-0.25, -0.2) is 9.07 Å². The smallest absolute Gasteiger partial charge is 0.182 e. The summed E-state index contributed by atoms with van der Waals surface area (Å²) < 4.78 is 21.0. The molecule has 1 aromatic carbocycles. The Morgan fingerprint density at radius 2 is 2.30 bits per heavy atom. The molecule has 1 aromatic heterocycles. The molecule has 2 heterocycles. The van der Waals surface area contributed by atoms with Crippen LogP contribution in [0.3, 0.4) is 0 Å². The van der Waals surface area contributed by atoms with Crippen LogP contribution in [0.4, 0.5) is 10.1 Å². The average Bonchev–Trinajstić information content (AvgIpc) is 2.94. The van der Waals surface area contributed by atoms with Gasteiger partial charge in [0.1, 0.15) is 5.82 Å². The monoisotopic (exact) mass is 277 g/mol. The van der Waals surface area contributed by atoms with Gasteiger partial charge in [-0.3, -0.25) is 0 Å². The standard InChI is InChI=1S/C13H16FN5O/c1-8-11(14)5-9(6-12(8)15)13-16-17-18-19(13)10-3-2-4-20-7-10/h5-6,10H,2-4,7,15H2,1H3. The van der Waals surface area contributed by atoms with E-state index in [1.807, 2.05) is 0 Å². The first-order valence-corrected chi connectivity index (χ1v) is 6.58. The fourth-order valence-electron chi connectivity index (χ4n) is 2.38. The number of tetrazole rings is 1. The molecule has 0 amide bonds. The van der Waals surface area contributed by atoms with Crippen molar-refractivity contribution in [3.05, 3.63) is 23.5 Å². The molecule has 1 saturated heterocycles. The molecular formula is C13H16FN5O. The summed E-state index contributed by atoms with van der Waals surface area (Å²) in [4.78, 5) is 0. The fraction of sp³-hybridized carbons (Fsp3) is 0.462. The van der Waals surface area contributed by atoms with E-state index in [0.717, 1.165) is 19.4 Å². The van der Waals surface area contributed by atoms with Gasteiger partial charge in [-0.2, -0.15) is 0 Å². The van der Waals surface area contributed by atoms with Gasteiger partial charge in [0.15, 0.2) is 5.82 Å². The number of nitrogens with two attached hydrogens (primary N) is 1. The van der Waals surface area contributed by atoms with Crippen molar-refractivity contribution in [2.75, 3.05) is 18.9 Å². The quantitative estimate of drug-likeness (QED) is 0.845. The minimum atomic E-state index is -0.352. The second-order valence-electron chi connectivity index (χ2n) is 4.99. The molecule has 3 rings (SSSR count). The maximum atomic E-state index is 13.8. The van der Waals surface area contributed by atoms with Crippen LogP contribution >= 0.6 is 0 Å². The molecule has 1 atom stereocenters. The second-order valence-corrected chi connectivity index (χ2v) is 4.99. The number of hydrogen-bond acceptors (Lipinski definition) is 5. The fourth-order valence-corrected chi connectivity index (χ4v) is 2.38. The third kappa shape index (κ3) is 2.24. The van der Waals surface area contributed by atoms with E-state index < -0.39 is 0 Å². The molecule has 1 unspecified atom stereocenters. The van der Waals surface area contributed by atoms with E-state index in [0.29, 0.717) is 29.2 Å². The highest BCUT2D eigenvalue weighted by atomic mass is 19.1. The lowest BCUT2D eigenvalue weighted by atomic mass is 10.1. The summed E-state index contributed by atoms with van der Waals surface area (Å²) in [6.45, 7) is 2.98. The van der Waals surface area contributed by atoms with Crippen molar-refractivity contribution >= 4 is 5.69 Å². The maximum absolute atomic E-state index is 13.8. The van der Waals surface area contributed by atoms with E-state index in [9.17, 15) is 4.39 Å². The van der Waals surface area contributed by atoms with Crippen LogP contribution < -0.4 is 5.73 Å². The SMILES string of the molecule is Cc1c(N)cc(-c2nnnn2C2CCCOC2)cc1F. The number of aromatic nitrogens is 4. The first kappa shape index (κ1) is 13.0. The number of anilines is 1. The molecule has 106 valence electrons. The molecule has 0 spiro atoms. The first-order valence-electron chi connectivity index (χ1n) is 6.58. The van der Waals surface area contributed by atoms with Crippen molar-refractivity contribution in [3.63, 3.8) is 0 Å². The van der Waals surface area contributed by atoms with Crippen molar-refractivity contribution in [3.8, 4) is 11.4 Å². The van der Waals surface area contributed by atoms with Crippen LogP contribution in [0.1, 0.15) is 24.4 Å². The van der Waals surface area contributed by atoms with E-state index in [-0.39, 0.29) is 11.9 Å². The second kappa shape index (κ2) is 5.16. The van der Waals surface area contributed by atoms with E-state index in [2.05, 4.69) is 15.5 Å². The topological polar surface area (TPSA) is 78.9 Å². The molecule has 7 heteroatoms. The Bertz CT molecular complexity index is 598. The van der Waals surface area contributed by atoms with Crippen molar-refractivity contribution in [2.45, 2.75) is 25.8 Å². The number of rotatable bonds is 2. The van der Waals surface area contributed by atoms with Crippen LogP contribution in [0, 0.1) is 12.7 Å². The van der Waals surface area contributed by atoms with Crippen molar-refractivity contribution in [1.82, 2.24) is 20.2 Å². The minimum Gasteiger partial charge on any atom is -0.398 e. The Morgan fingerprint density at radius 1 is 1.45 bits per heavy atom. The van der Waals surface area contributed by atoms with Gasteiger partial charge < -0.3 is 10.5 Å². The summed E-state index contributed by atoms with van der Waals surface area (Å²) in [6.07, 6.45) is 1.91. The molecule has 0 radical (unpaired) electrons. The van der Waals surface area contributed by atoms with E-state index in [1.54, 1.807) is 17.7 Å². The molecule has 1 fully saturated rings. The molecule has 6 nitrogen and oxygen atoms in total. The molecule has 0 aliphatic carbocycles. The summed E-state index contributed by atoms with van der Waals surface area (Å²) in [6, 6.07) is 3.20. The van der Waals surface area contributed by atoms with Crippen LogP contribution in [0.15, 0.2) is 12.1 Å². The van der Waals surface area contributed by atoms with Crippen molar-refractivity contribution in [1.29, 1.82) is 0 Å². The van der Waals surface area contributed by atoms with Gasteiger partial charge >= 0.3 is 0 Å². The van der Waals surface area contributed by atoms with Gasteiger partial charge in [0.25, 0.3) is 0 Å². The summed E-state index contributed by atoms with van der Waals surface area (Å²) in [5.74, 6) is 0.167. The Hall–Kier alpha value is -2.02. The molecule has 2 N–H and O–H groups in total. The van der Waals surface area contributed by atoms with Crippen LogP contribution in [0.25, 0.3) is 11.4 Å². The third-order valence-corrected chi connectivity index (χ3v) is 3.62. The zero-order chi connectivity index (χ0) is 14.1. The molecule has 0 bridgehead atoms. The number of hydrogen-bond donors (Lipinski definition) is 1. The van der Waals surface area contributed by atoms with Gasteiger partial charge in [0.2, 0.25) is 0 Å². The Kier molecular flexibility index (Phi) is 3.35. The van der Waals surface area contributed by atoms with Gasteiger partial charge in [0, 0.05) is 23.4 Å². The average molecular weight is 277 g/mol. The normalized spacial score (nSPS) is 19.2. The zero-order valence-corrected chi connectivity index (χ0v) is 11.2. The first-order chi connectivity index (χ1) is 9.66. The predicted molar refractivity (Wildman–Crippen MR) is 71.5 cm³/mol. The van der Waals surface area contributed by atoms with Crippen LogP contribution in [-0.2, 0) is 4.74 Å². The molecule has 20 heavy (non-hydrogen) atoms. The highest BCUT2D eigenvalue weighted by molar-refractivity contribution is 5.64. The van der Waals surface area contributed by atoms with E-state index >= 15 is 0 Å². The summed E-state index contributed by atoms with van der Waals surface area (Å²) >= 11 is 0. The zero-order valence-electron chi connectivity index (χ0n) is 11.2. The Balaban J connectivity index is 2.00. The number of halogens is 1. The summed E-state index contributed by atoms with van der Waals surface area (Å²) in [7, 11) is 0. The number of ether oxygens (including phenoxy) is 1. The summed E-state index contributed by atoms with van der Waals surface area (Å²) in [5.41, 5.74) is 7.23. The lowest BCUT2D eigenvalue weighted by Gasteiger charge is -2.22. The van der Waals surface area contributed by atoms with Gasteiger partial charge in [-0.1, -0.05) is 0 Å². The van der Waals surface area contributed by atoms with Crippen LogP contribution in [0.5, 0.6) is 0 Å².